The number of carbonyl (C=O) groups excluding carboxylic acids is 2. The third kappa shape index (κ3) is 4.50. The number of amides is 1. The van der Waals surface area contributed by atoms with Crippen molar-refractivity contribution in [2.45, 2.75) is 52.1 Å². The van der Waals surface area contributed by atoms with E-state index in [1.54, 1.807) is 31.4 Å². The highest BCUT2D eigenvalue weighted by atomic mass is 32.1. The summed E-state index contributed by atoms with van der Waals surface area (Å²) in [6.07, 6.45) is 3.43. The van der Waals surface area contributed by atoms with Crippen LogP contribution in [0, 0.1) is 0 Å². The monoisotopic (exact) mass is 387 g/mol. The molecule has 0 aliphatic heterocycles. The molecule has 0 atom stereocenters. The van der Waals surface area contributed by atoms with Gasteiger partial charge in [0.25, 0.3) is 0 Å². The number of thiophene rings is 1. The van der Waals surface area contributed by atoms with Gasteiger partial charge in [0.05, 0.1) is 12.7 Å². The lowest BCUT2D eigenvalue weighted by Crippen LogP contribution is -2.27. The summed E-state index contributed by atoms with van der Waals surface area (Å²) >= 11 is 1.49. The zero-order valence-electron chi connectivity index (χ0n) is 16.2. The Kier molecular flexibility index (Phi) is 5.56. The molecule has 3 rings (SSSR count). The van der Waals surface area contributed by atoms with Crippen LogP contribution in [0.2, 0.25) is 0 Å². The fourth-order valence-electron chi connectivity index (χ4n) is 3.18. The molecular weight excluding hydrogens is 362 g/mol. The van der Waals surface area contributed by atoms with Crippen LogP contribution >= 0.6 is 11.3 Å². The van der Waals surface area contributed by atoms with Crippen molar-refractivity contribution in [3.05, 3.63) is 45.8 Å². The summed E-state index contributed by atoms with van der Waals surface area (Å²) in [5.74, 6) is 0.620. The Morgan fingerprint density at radius 1 is 1.07 bits per heavy atom. The number of hydrogen-bond acceptors (Lipinski definition) is 5. The summed E-state index contributed by atoms with van der Waals surface area (Å²) in [6.45, 7) is 5.44. The van der Waals surface area contributed by atoms with E-state index >= 15 is 0 Å². The number of fused-ring (bicyclic) bond motifs is 1. The van der Waals surface area contributed by atoms with Crippen LogP contribution in [0.1, 0.15) is 60.0 Å². The van der Waals surface area contributed by atoms with E-state index in [1.807, 2.05) is 20.8 Å². The van der Waals surface area contributed by atoms with Gasteiger partial charge in [-0.25, -0.2) is 4.79 Å². The Hall–Kier alpha value is -2.34. The summed E-state index contributed by atoms with van der Waals surface area (Å²) in [4.78, 5) is 26.7. The number of rotatable bonds is 4. The number of ketones is 1. The predicted octanol–water partition coefficient (Wildman–Crippen LogP) is 5.21. The molecule has 5 nitrogen and oxygen atoms in total. The molecule has 6 heteroatoms. The maximum absolute atomic E-state index is 13.2. The first-order valence-electron chi connectivity index (χ1n) is 9.12. The zero-order valence-corrected chi connectivity index (χ0v) is 17.0. The molecule has 1 aromatic heterocycles. The average Bonchev–Trinajstić information content (AvgIpc) is 2.97. The molecule has 1 N–H and O–H groups in total. The highest BCUT2D eigenvalue weighted by Gasteiger charge is 2.28. The minimum atomic E-state index is -0.596. The zero-order chi connectivity index (χ0) is 19.6. The molecule has 1 aliphatic carbocycles. The standard InChI is InChI=1S/C21H25NO4S/c1-21(2,3)26-20(24)22-19-17(15-7-5-6-8-16(15)27-19)18(23)13-9-11-14(25-4)12-10-13/h9-12H,5-8H2,1-4H3,(H,22,24). The van der Waals surface area contributed by atoms with Crippen molar-refractivity contribution in [1.29, 1.82) is 0 Å². The van der Waals surface area contributed by atoms with Crippen molar-refractivity contribution in [2.24, 2.45) is 0 Å². The van der Waals surface area contributed by atoms with E-state index < -0.39 is 11.7 Å². The number of hydrogen-bond donors (Lipinski definition) is 1. The fraction of sp³-hybridized carbons (Fsp3) is 0.429. The number of carbonyl (C=O) groups is 2. The van der Waals surface area contributed by atoms with Crippen molar-refractivity contribution >= 4 is 28.2 Å². The Morgan fingerprint density at radius 2 is 1.74 bits per heavy atom. The van der Waals surface area contributed by atoms with Crippen molar-refractivity contribution in [1.82, 2.24) is 0 Å². The van der Waals surface area contributed by atoms with Crippen molar-refractivity contribution in [2.75, 3.05) is 12.4 Å². The van der Waals surface area contributed by atoms with E-state index in [9.17, 15) is 9.59 Å². The molecule has 0 fully saturated rings. The lowest BCUT2D eigenvalue weighted by molar-refractivity contribution is 0.0636. The molecule has 1 heterocycles. The molecule has 0 spiro atoms. The van der Waals surface area contributed by atoms with E-state index in [1.165, 1.54) is 16.2 Å². The molecule has 1 aromatic carbocycles. The van der Waals surface area contributed by atoms with Gasteiger partial charge in [0.2, 0.25) is 0 Å². The Morgan fingerprint density at radius 3 is 2.37 bits per heavy atom. The van der Waals surface area contributed by atoms with E-state index in [-0.39, 0.29) is 5.78 Å². The van der Waals surface area contributed by atoms with Crippen LogP contribution in [-0.2, 0) is 17.6 Å². The van der Waals surface area contributed by atoms with E-state index in [4.69, 9.17) is 9.47 Å². The molecule has 1 aliphatic rings. The van der Waals surface area contributed by atoms with Gasteiger partial charge in [0, 0.05) is 10.4 Å². The van der Waals surface area contributed by atoms with Crippen LogP contribution in [0.15, 0.2) is 24.3 Å². The molecule has 2 aromatic rings. The Labute approximate surface area is 163 Å². The predicted molar refractivity (Wildman–Crippen MR) is 107 cm³/mol. The fourth-order valence-corrected chi connectivity index (χ4v) is 4.45. The van der Waals surface area contributed by atoms with Gasteiger partial charge in [-0.15, -0.1) is 11.3 Å². The minimum absolute atomic E-state index is 0.0805. The van der Waals surface area contributed by atoms with Gasteiger partial charge in [-0.2, -0.15) is 0 Å². The normalized spacial score (nSPS) is 13.6. The highest BCUT2D eigenvalue weighted by molar-refractivity contribution is 7.17. The quantitative estimate of drug-likeness (QED) is 0.731. The van der Waals surface area contributed by atoms with Crippen LogP contribution in [0.3, 0.4) is 0 Å². The Bertz CT molecular complexity index is 846. The van der Waals surface area contributed by atoms with Gasteiger partial charge in [-0.1, -0.05) is 0 Å². The summed E-state index contributed by atoms with van der Waals surface area (Å²) in [7, 11) is 1.59. The summed E-state index contributed by atoms with van der Waals surface area (Å²) < 4.78 is 10.5. The lowest BCUT2D eigenvalue weighted by atomic mass is 9.92. The van der Waals surface area contributed by atoms with E-state index in [0.29, 0.717) is 21.9 Å². The second kappa shape index (κ2) is 7.72. The smallest absolute Gasteiger partial charge is 0.412 e. The average molecular weight is 388 g/mol. The summed E-state index contributed by atoms with van der Waals surface area (Å²) in [6, 6.07) is 7.05. The van der Waals surface area contributed by atoms with Crippen molar-refractivity contribution < 1.29 is 19.1 Å². The molecule has 144 valence electrons. The van der Waals surface area contributed by atoms with Crippen LogP contribution in [0.5, 0.6) is 5.75 Å². The van der Waals surface area contributed by atoms with Gasteiger partial charge >= 0.3 is 6.09 Å². The molecule has 0 bridgehead atoms. The first-order valence-corrected chi connectivity index (χ1v) is 9.93. The first-order chi connectivity index (χ1) is 12.8. The van der Waals surface area contributed by atoms with Crippen LogP contribution in [0.25, 0.3) is 0 Å². The second-order valence-electron chi connectivity index (χ2n) is 7.60. The Balaban J connectivity index is 1.95. The van der Waals surface area contributed by atoms with Crippen LogP contribution in [0.4, 0.5) is 9.80 Å². The van der Waals surface area contributed by atoms with Gasteiger partial charge in [0.1, 0.15) is 16.4 Å². The number of aryl methyl sites for hydroxylation is 1. The third-order valence-corrected chi connectivity index (χ3v) is 5.57. The number of nitrogens with one attached hydrogen (secondary N) is 1. The van der Waals surface area contributed by atoms with Crippen LogP contribution in [-0.4, -0.2) is 24.6 Å². The SMILES string of the molecule is COc1ccc(C(=O)c2c(NC(=O)OC(C)(C)C)sc3c2CCCC3)cc1. The highest BCUT2D eigenvalue weighted by Crippen LogP contribution is 2.39. The van der Waals surface area contributed by atoms with Crippen molar-refractivity contribution in [3.63, 3.8) is 0 Å². The maximum atomic E-state index is 13.2. The second-order valence-corrected chi connectivity index (χ2v) is 8.70. The van der Waals surface area contributed by atoms with E-state index in [2.05, 4.69) is 5.32 Å². The van der Waals surface area contributed by atoms with Gasteiger partial charge in [-0.05, 0) is 76.3 Å². The largest absolute Gasteiger partial charge is 0.497 e. The van der Waals surface area contributed by atoms with Crippen molar-refractivity contribution in [3.8, 4) is 5.75 Å². The summed E-state index contributed by atoms with van der Waals surface area (Å²) in [5, 5.41) is 3.39. The molecule has 0 radical (unpaired) electrons. The molecular formula is C21H25NO4S. The number of ether oxygens (including phenoxy) is 2. The number of methoxy groups -OCH3 is 1. The summed E-state index contributed by atoms with van der Waals surface area (Å²) in [5.41, 5.74) is 1.65. The number of anilines is 1. The minimum Gasteiger partial charge on any atom is -0.497 e. The lowest BCUT2D eigenvalue weighted by Gasteiger charge is -2.19. The van der Waals surface area contributed by atoms with E-state index in [0.717, 1.165) is 31.2 Å². The molecule has 0 saturated carbocycles. The van der Waals surface area contributed by atoms with Gasteiger partial charge in [-0.3, -0.25) is 10.1 Å². The van der Waals surface area contributed by atoms with Crippen LogP contribution < -0.4 is 10.1 Å². The molecule has 0 saturated heterocycles. The first kappa shape index (κ1) is 19.4. The van der Waals surface area contributed by atoms with Gasteiger partial charge in [0.15, 0.2) is 5.78 Å². The third-order valence-electron chi connectivity index (χ3n) is 4.37. The number of benzene rings is 1. The molecule has 27 heavy (non-hydrogen) atoms. The van der Waals surface area contributed by atoms with Gasteiger partial charge < -0.3 is 9.47 Å². The topological polar surface area (TPSA) is 64.6 Å². The molecule has 1 amide bonds. The maximum Gasteiger partial charge on any atom is 0.412 e. The molecule has 0 unspecified atom stereocenters.